The number of hydrogen-bond acceptors (Lipinski definition) is 31. The highest BCUT2D eigenvalue weighted by molar-refractivity contribution is 5.78. The van der Waals surface area contributed by atoms with Gasteiger partial charge in [0.25, 0.3) is 0 Å². The van der Waals surface area contributed by atoms with E-state index in [1.54, 1.807) is 13.8 Å². The van der Waals surface area contributed by atoms with Crippen molar-refractivity contribution in [1.82, 2.24) is 5.32 Å². The van der Waals surface area contributed by atoms with Gasteiger partial charge in [0.05, 0.1) is 82.3 Å². The number of carbonyl (C=O) groups excluding carboxylic acids is 1. The average molecular weight is 1380 g/mol. The van der Waals surface area contributed by atoms with Gasteiger partial charge < -0.3 is 156 Å². The van der Waals surface area contributed by atoms with E-state index in [0.29, 0.717) is 0 Å². The molecule has 0 aliphatic carbocycles. The lowest BCUT2D eigenvalue weighted by molar-refractivity contribution is -0.263. The summed E-state index contributed by atoms with van der Waals surface area (Å²) in [5.74, 6) is -2.10. The van der Waals surface area contributed by atoms with Gasteiger partial charge in [0.15, 0.2) is 5.60 Å². The quantitative estimate of drug-likeness (QED) is 0.0814. The minimum absolute atomic E-state index is 0.0150. The zero-order valence-corrected chi connectivity index (χ0v) is 56.9. The van der Waals surface area contributed by atoms with Gasteiger partial charge >= 0.3 is 5.97 Å². The molecule has 6 aliphatic heterocycles. The molecule has 0 aromatic rings. The monoisotopic (exact) mass is 1380 g/mol. The maximum absolute atomic E-state index is 11.5. The van der Waals surface area contributed by atoms with E-state index < -0.39 is 201 Å². The van der Waals surface area contributed by atoms with Gasteiger partial charge in [-0.2, -0.15) is 0 Å². The van der Waals surface area contributed by atoms with Crippen molar-refractivity contribution in [2.45, 2.75) is 300 Å². The van der Waals surface area contributed by atoms with Crippen LogP contribution in [0.5, 0.6) is 0 Å². The first-order chi connectivity index (χ1) is 43.0. The van der Waals surface area contributed by atoms with Gasteiger partial charge in [0.1, 0.15) is 134 Å². The van der Waals surface area contributed by atoms with Gasteiger partial charge in [0.2, 0.25) is 5.91 Å². The fraction of sp³-hybridized carbons (Fsp3) is 0.967. The van der Waals surface area contributed by atoms with Crippen LogP contribution in [0, 0.1) is 34.0 Å². The number of rotatable bonds is 13. The molecule has 0 bridgehead atoms. The van der Waals surface area contributed by atoms with E-state index in [0.717, 1.165) is 0 Å². The molecule has 25 N–H and O–H groups in total. The molecule has 10 unspecified atom stereocenters. The van der Waals surface area contributed by atoms with E-state index in [1.165, 1.54) is 6.92 Å². The van der Waals surface area contributed by atoms with Gasteiger partial charge in [-0.1, -0.05) is 104 Å². The summed E-state index contributed by atoms with van der Waals surface area (Å²) in [7, 11) is 0. The van der Waals surface area contributed by atoms with Gasteiger partial charge in [-0.25, -0.2) is 4.79 Å². The van der Waals surface area contributed by atoms with Crippen molar-refractivity contribution in [3.8, 4) is 0 Å². The maximum Gasteiger partial charge on any atom is 0.336 e. The molecule has 6 fully saturated rings. The summed E-state index contributed by atoms with van der Waals surface area (Å²) < 4.78 is 32.3. The second-order valence-electron chi connectivity index (χ2n) is 29.1. The fourth-order valence-corrected chi connectivity index (χ4v) is 11.4. The minimum Gasteiger partial charge on any atom is -0.479 e. The molecule has 6 aliphatic rings. The van der Waals surface area contributed by atoms with E-state index in [2.05, 4.69) is 5.32 Å². The summed E-state index contributed by atoms with van der Waals surface area (Å²) in [6.07, 6.45) is -29.9. The Bertz CT molecular complexity index is 2100. The maximum atomic E-state index is 11.5. The predicted molar refractivity (Wildman–Crippen MR) is 328 cm³/mol. The van der Waals surface area contributed by atoms with E-state index in [4.69, 9.17) is 59.1 Å². The molecular formula is C61H119NO32. The molecule has 94 heavy (non-hydrogen) atoms. The van der Waals surface area contributed by atoms with Crippen molar-refractivity contribution in [3.63, 3.8) is 0 Å². The lowest BCUT2D eigenvalue weighted by Crippen LogP contribution is -2.65. The Hall–Kier alpha value is -2.22. The summed E-state index contributed by atoms with van der Waals surface area (Å²) >= 11 is 0. The number of carbonyl (C=O) groups is 2. The second-order valence-corrected chi connectivity index (χ2v) is 29.1. The summed E-state index contributed by atoms with van der Waals surface area (Å²) in [5.41, 5.74) is -2.74. The molecule has 0 aromatic heterocycles. The normalized spacial score (nSPS) is 40.9. The molecule has 6 rings (SSSR count). The van der Waals surface area contributed by atoms with Crippen LogP contribution in [0.25, 0.3) is 0 Å². The first kappa shape index (κ1) is 89.8. The molecule has 0 saturated carbocycles. The fourth-order valence-electron chi connectivity index (χ4n) is 11.4. The SMILES string of the molecule is CC(=O)NC1[C@H](C(C)C)OC(CO)[C@@H](O)[C@@H]1O.CC(C)(C)[C@@H]1OC(CO)[C@H](O)[C@H](O)C1O.CC(C)(C)[C@H]1OC(CO)[C@@H](O)[C@H](O)C1O.CC(C)(C)[C@H]1O[C@H](CO)[C@H](O)C1O.CC(C)[C@@H]1OC(CO)[C@@H](O)[C@H](O)C1O.CC(C)[C@]1(C(=O)O)C[C@@H](O)[C@@H](O)C([C@H](O)[C@H](O)CO)O1. The number of aliphatic carboxylic acids is 1. The van der Waals surface area contributed by atoms with Gasteiger partial charge in [0, 0.05) is 13.3 Å². The topological polar surface area (TPSA) is 587 Å². The molecule has 6 saturated heterocycles. The highest BCUT2D eigenvalue weighted by atomic mass is 16.6. The minimum atomic E-state index is -1.78. The third kappa shape index (κ3) is 23.4. The summed E-state index contributed by atoms with van der Waals surface area (Å²) in [5, 5.41) is 229. The Morgan fingerprint density at radius 3 is 1.01 bits per heavy atom. The van der Waals surface area contributed by atoms with Crippen molar-refractivity contribution in [3.05, 3.63) is 0 Å². The van der Waals surface area contributed by atoms with Crippen LogP contribution in [-0.4, -0.2) is 357 Å². The predicted octanol–water partition coefficient (Wildman–Crippen LogP) is -7.93. The number of aliphatic hydroxyl groups excluding tert-OH is 23. The number of nitrogens with one attached hydrogen (secondary N) is 1. The van der Waals surface area contributed by atoms with E-state index in [9.17, 15) is 102 Å². The number of ether oxygens (including phenoxy) is 6. The van der Waals surface area contributed by atoms with Crippen LogP contribution in [0.4, 0.5) is 0 Å². The lowest BCUT2D eigenvalue weighted by Gasteiger charge is -2.47. The van der Waals surface area contributed by atoms with Crippen LogP contribution in [0.3, 0.4) is 0 Å². The van der Waals surface area contributed by atoms with Crippen LogP contribution < -0.4 is 5.32 Å². The molecular weight excluding hydrogens is 1260 g/mol. The summed E-state index contributed by atoms with van der Waals surface area (Å²) in [6, 6.07) is -0.662. The Morgan fingerprint density at radius 1 is 0.426 bits per heavy atom. The smallest absolute Gasteiger partial charge is 0.336 e. The standard InChI is InChI=1S/C12H22O8.C11H21NO5.2C10H20O5.C9H18O5.C9H18O4/c1-5(2)12(11(18)19)3-6(14)8(16)10(20-12)9(17)7(15)4-13;1-5(2)11-8(12-6(3)14)10(16)9(15)7(4-13)17-11;2*1-10(2,3)9-8(14)7(13)6(12)5(4-11)15-9;1-4(2)9-8(13)7(12)6(11)5(3-10)14-9;1-9(2,3)8-7(12)6(11)5(4-10)13-8/h5-10,13-17H,3-4H2,1-2H3,(H,18,19);5,7-11,13,15-16H,4H2,1-3H3,(H,12,14);2*5-9,11-14H,4H2,1-3H3;4-13H,3H2,1-2H3;5-8,10-12H,4H2,1-3H3/t6-,7-,8-,9-,10?,12+;7?,8?,9-,10-,11+;5?,6-,7+,8?,9+;5?,6-,7-,8?,9+;5?,6-,7+,8?,9+;5-,6+,7?,8+/m111011/s1. The molecule has 33 heteroatoms. The third-order valence-electron chi connectivity index (χ3n) is 17.3. The summed E-state index contributed by atoms with van der Waals surface area (Å²) in [4.78, 5) is 22.5. The Labute approximate surface area is 549 Å². The van der Waals surface area contributed by atoms with Crippen LogP contribution in [0.1, 0.15) is 117 Å². The molecule has 33 nitrogen and oxygen atoms in total. The van der Waals surface area contributed by atoms with Crippen molar-refractivity contribution in [1.29, 1.82) is 0 Å². The molecule has 1 amide bonds. The average Bonchev–Trinajstić information content (AvgIpc) is 1.12. The van der Waals surface area contributed by atoms with E-state index in [-0.39, 0.29) is 73.4 Å². The first-order valence-corrected chi connectivity index (χ1v) is 31.7. The van der Waals surface area contributed by atoms with Crippen molar-refractivity contribution >= 4 is 11.9 Å². The Morgan fingerprint density at radius 2 is 0.723 bits per heavy atom. The van der Waals surface area contributed by atoms with Gasteiger partial charge in [-0.3, -0.25) is 4.79 Å². The third-order valence-corrected chi connectivity index (χ3v) is 17.3. The first-order valence-electron chi connectivity index (χ1n) is 31.7. The molecule has 30 atom stereocenters. The molecule has 0 aromatic carbocycles. The second kappa shape index (κ2) is 38.5. The Balaban J connectivity index is 0.000000567. The van der Waals surface area contributed by atoms with Crippen LogP contribution in [-0.2, 0) is 38.0 Å². The number of carboxylic acids is 1. The van der Waals surface area contributed by atoms with Crippen LogP contribution in [0.2, 0.25) is 0 Å². The van der Waals surface area contributed by atoms with Crippen molar-refractivity contribution in [2.24, 2.45) is 34.0 Å². The zero-order valence-electron chi connectivity index (χ0n) is 56.9. The van der Waals surface area contributed by atoms with Crippen molar-refractivity contribution < 1.29 is 161 Å². The largest absolute Gasteiger partial charge is 0.479 e. The molecule has 0 spiro atoms. The van der Waals surface area contributed by atoms with Crippen LogP contribution in [0.15, 0.2) is 0 Å². The Kier molecular flexibility index (Phi) is 36.8. The van der Waals surface area contributed by atoms with Crippen molar-refractivity contribution in [2.75, 3.05) is 39.6 Å². The molecule has 0 radical (unpaired) electrons. The lowest BCUT2D eigenvalue weighted by atomic mass is 9.79. The highest BCUT2D eigenvalue weighted by Crippen LogP contribution is 2.39. The molecule has 560 valence electrons. The van der Waals surface area contributed by atoms with Gasteiger partial charge in [-0.05, 0) is 34.0 Å². The van der Waals surface area contributed by atoms with Crippen LogP contribution >= 0.6 is 0 Å². The van der Waals surface area contributed by atoms with E-state index >= 15 is 0 Å². The van der Waals surface area contributed by atoms with Gasteiger partial charge in [-0.15, -0.1) is 0 Å². The molecule has 6 heterocycles. The van der Waals surface area contributed by atoms with E-state index in [1.807, 2.05) is 90.0 Å². The number of amides is 1. The highest BCUT2D eigenvalue weighted by Gasteiger charge is 2.56. The number of carboxylic acid groups (broad SMARTS) is 1. The number of hydrogen-bond donors (Lipinski definition) is 25. The number of aliphatic hydroxyl groups is 23. The zero-order chi connectivity index (χ0) is 73.5. The summed E-state index contributed by atoms with van der Waals surface area (Å²) in [6.45, 7) is 26.3.